The second-order valence-corrected chi connectivity index (χ2v) is 5.13. The monoisotopic (exact) mass is 282 g/mol. The van der Waals surface area contributed by atoms with E-state index < -0.39 is 11.9 Å². The number of ether oxygens (including phenoxy) is 1. The predicted octanol–water partition coefficient (Wildman–Crippen LogP) is 2.08. The molecule has 0 aliphatic rings. The van der Waals surface area contributed by atoms with Crippen LogP contribution in [0, 0.1) is 11.7 Å². The molecule has 4 nitrogen and oxygen atoms in total. The minimum Gasteiger partial charge on any atom is -0.477 e. The summed E-state index contributed by atoms with van der Waals surface area (Å²) in [4.78, 5) is 11.5. The molecule has 0 spiro atoms. The first kappa shape index (κ1) is 16.4. The SMILES string of the molecule is CNC(=O)C(C)Oc1c(F)cccc1CNCC(C)C. The van der Waals surface area contributed by atoms with Crippen LogP contribution in [0.1, 0.15) is 26.3 Å². The average Bonchev–Trinajstić information content (AvgIpc) is 2.40. The van der Waals surface area contributed by atoms with Gasteiger partial charge in [-0.15, -0.1) is 0 Å². The highest BCUT2D eigenvalue weighted by molar-refractivity contribution is 5.80. The molecule has 1 unspecified atom stereocenters. The van der Waals surface area contributed by atoms with Gasteiger partial charge in [-0.05, 0) is 25.5 Å². The number of benzene rings is 1. The van der Waals surface area contributed by atoms with E-state index in [-0.39, 0.29) is 11.7 Å². The number of nitrogens with one attached hydrogen (secondary N) is 2. The number of hydrogen-bond donors (Lipinski definition) is 2. The molecule has 20 heavy (non-hydrogen) atoms. The second-order valence-electron chi connectivity index (χ2n) is 5.13. The van der Waals surface area contributed by atoms with Gasteiger partial charge in [-0.1, -0.05) is 26.0 Å². The zero-order valence-electron chi connectivity index (χ0n) is 12.5. The molecule has 0 aromatic heterocycles. The lowest BCUT2D eigenvalue weighted by Crippen LogP contribution is -2.34. The summed E-state index contributed by atoms with van der Waals surface area (Å²) in [7, 11) is 1.52. The summed E-state index contributed by atoms with van der Waals surface area (Å²) < 4.78 is 19.3. The van der Waals surface area contributed by atoms with Crippen LogP contribution in [-0.2, 0) is 11.3 Å². The maximum Gasteiger partial charge on any atom is 0.260 e. The van der Waals surface area contributed by atoms with Crippen molar-refractivity contribution in [1.29, 1.82) is 0 Å². The highest BCUT2D eigenvalue weighted by Crippen LogP contribution is 2.24. The van der Waals surface area contributed by atoms with Gasteiger partial charge in [0, 0.05) is 19.2 Å². The molecule has 0 radical (unpaired) electrons. The number of rotatable bonds is 7. The highest BCUT2D eigenvalue weighted by atomic mass is 19.1. The van der Waals surface area contributed by atoms with Crippen LogP contribution < -0.4 is 15.4 Å². The van der Waals surface area contributed by atoms with Gasteiger partial charge in [-0.25, -0.2) is 4.39 Å². The number of para-hydroxylation sites is 1. The van der Waals surface area contributed by atoms with Crippen LogP contribution in [-0.4, -0.2) is 25.6 Å². The third-order valence-corrected chi connectivity index (χ3v) is 2.83. The van der Waals surface area contributed by atoms with Gasteiger partial charge in [0.05, 0.1) is 0 Å². The van der Waals surface area contributed by atoms with Crippen molar-refractivity contribution in [3.8, 4) is 5.75 Å². The number of hydrogen-bond acceptors (Lipinski definition) is 3. The summed E-state index contributed by atoms with van der Waals surface area (Å²) in [5, 5.41) is 5.72. The molecule has 2 N–H and O–H groups in total. The number of likely N-dealkylation sites (N-methyl/N-ethyl adjacent to an activating group) is 1. The van der Waals surface area contributed by atoms with Gasteiger partial charge < -0.3 is 15.4 Å². The summed E-state index contributed by atoms with van der Waals surface area (Å²) >= 11 is 0. The van der Waals surface area contributed by atoms with Gasteiger partial charge in [0.25, 0.3) is 5.91 Å². The van der Waals surface area contributed by atoms with Crippen molar-refractivity contribution in [2.75, 3.05) is 13.6 Å². The van der Waals surface area contributed by atoms with E-state index in [0.717, 1.165) is 6.54 Å². The van der Waals surface area contributed by atoms with Crippen molar-refractivity contribution in [3.63, 3.8) is 0 Å². The largest absolute Gasteiger partial charge is 0.477 e. The maximum absolute atomic E-state index is 13.9. The van der Waals surface area contributed by atoms with E-state index in [0.29, 0.717) is 18.0 Å². The van der Waals surface area contributed by atoms with E-state index in [1.54, 1.807) is 19.1 Å². The van der Waals surface area contributed by atoms with Gasteiger partial charge in [-0.3, -0.25) is 4.79 Å². The molecule has 0 saturated heterocycles. The number of carbonyl (C=O) groups is 1. The molecule has 1 rings (SSSR count). The molecule has 0 fully saturated rings. The summed E-state index contributed by atoms with van der Waals surface area (Å²) in [5.74, 6) is -0.0866. The summed E-state index contributed by atoms with van der Waals surface area (Å²) in [6.45, 7) is 7.14. The lowest BCUT2D eigenvalue weighted by Gasteiger charge is -2.17. The van der Waals surface area contributed by atoms with E-state index in [1.165, 1.54) is 13.1 Å². The zero-order chi connectivity index (χ0) is 15.1. The van der Waals surface area contributed by atoms with E-state index in [2.05, 4.69) is 24.5 Å². The van der Waals surface area contributed by atoms with Gasteiger partial charge in [0.15, 0.2) is 17.7 Å². The Balaban J connectivity index is 2.80. The minimum atomic E-state index is -0.735. The van der Waals surface area contributed by atoms with Crippen LogP contribution in [0.2, 0.25) is 0 Å². The third-order valence-electron chi connectivity index (χ3n) is 2.83. The molecule has 1 aromatic carbocycles. The van der Waals surface area contributed by atoms with E-state index in [9.17, 15) is 9.18 Å². The molecule has 0 aliphatic heterocycles. The standard InChI is InChI=1S/C15H23FN2O2/c1-10(2)8-18-9-12-6-5-7-13(16)14(12)20-11(3)15(19)17-4/h5-7,10-11,18H,8-9H2,1-4H3,(H,17,19). The molecular weight excluding hydrogens is 259 g/mol. The van der Waals surface area contributed by atoms with Crippen molar-refractivity contribution in [1.82, 2.24) is 10.6 Å². The van der Waals surface area contributed by atoms with Crippen LogP contribution in [0.4, 0.5) is 4.39 Å². The van der Waals surface area contributed by atoms with Crippen molar-refractivity contribution in [2.45, 2.75) is 33.4 Å². The normalized spacial score (nSPS) is 12.3. The van der Waals surface area contributed by atoms with Gasteiger partial charge in [0.2, 0.25) is 0 Å². The minimum absolute atomic E-state index is 0.139. The number of halogens is 1. The fraction of sp³-hybridized carbons (Fsp3) is 0.533. The van der Waals surface area contributed by atoms with Crippen molar-refractivity contribution in [3.05, 3.63) is 29.6 Å². The van der Waals surface area contributed by atoms with E-state index in [1.807, 2.05) is 0 Å². The Morgan fingerprint density at radius 1 is 1.35 bits per heavy atom. The van der Waals surface area contributed by atoms with Crippen LogP contribution in [0.5, 0.6) is 5.75 Å². The molecule has 1 amide bonds. The topological polar surface area (TPSA) is 50.4 Å². The smallest absolute Gasteiger partial charge is 0.260 e. The molecule has 0 aliphatic carbocycles. The summed E-state index contributed by atoms with van der Waals surface area (Å²) in [5.41, 5.74) is 0.710. The summed E-state index contributed by atoms with van der Waals surface area (Å²) in [6.07, 6.45) is -0.735. The molecule has 0 saturated carbocycles. The van der Waals surface area contributed by atoms with Crippen molar-refractivity contribution in [2.24, 2.45) is 5.92 Å². The fourth-order valence-electron chi connectivity index (χ4n) is 1.75. The van der Waals surface area contributed by atoms with Crippen LogP contribution >= 0.6 is 0 Å². The Kier molecular flexibility index (Phi) is 6.45. The highest BCUT2D eigenvalue weighted by Gasteiger charge is 2.17. The third kappa shape index (κ3) is 4.81. The lowest BCUT2D eigenvalue weighted by atomic mass is 10.1. The Labute approximate surface area is 119 Å². The molecule has 1 atom stereocenters. The van der Waals surface area contributed by atoms with E-state index >= 15 is 0 Å². The number of amides is 1. The first-order valence-corrected chi connectivity index (χ1v) is 6.82. The molecule has 1 aromatic rings. The predicted molar refractivity (Wildman–Crippen MR) is 77.1 cm³/mol. The van der Waals surface area contributed by atoms with E-state index in [4.69, 9.17) is 4.74 Å². The molecule has 0 heterocycles. The Hall–Kier alpha value is -1.62. The zero-order valence-corrected chi connectivity index (χ0v) is 12.5. The van der Waals surface area contributed by atoms with Gasteiger partial charge in [0.1, 0.15) is 0 Å². The Bertz CT molecular complexity index is 449. The molecule has 5 heteroatoms. The first-order chi connectivity index (χ1) is 9.45. The first-order valence-electron chi connectivity index (χ1n) is 6.82. The molecular formula is C15H23FN2O2. The van der Waals surface area contributed by atoms with Gasteiger partial charge >= 0.3 is 0 Å². The van der Waals surface area contributed by atoms with Crippen LogP contribution in [0.25, 0.3) is 0 Å². The Morgan fingerprint density at radius 3 is 2.65 bits per heavy atom. The lowest BCUT2D eigenvalue weighted by molar-refractivity contribution is -0.126. The maximum atomic E-state index is 13.9. The Morgan fingerprint density at radius 2 is 2.05 bits per heavy atom. The number of carbonyl (C=O) groups excluding carboxylic acids is 1. The quantitative estimate of drug-likeness (QED) is 0.805. The van der Waals surface area contributed by atoms with Crippen molar-refractivity contribution >= 4 is 5.91 Å². The second kappa shape index (κ2) is 7.85. The van der Waals surface area contributed by atoms with Crippen LogP contribution in [0.3, 0.4) is 0 Å². The van der Waals surface area contributed by atoms with Gasteiger partial charge in [-0.2, -0.15) is 0 Å². The van der Waals surface area contributed by atoms with Crippen LogP contribution in [0.15, 0.2) is 18.2 Å². The van der Waals surface area contributed by atoms with Crippen molar-refractivity contribution < 1.29 is 13.9 Å². The fourth-order valence-corrected chi connectivity index (χ4v) is 1.75. The molecule has 0 bridgehead atoms. The summed E-state index contributed by atoms with van der Waals surface area (Å²) in [6, 6.07) is 4.76. The average molecular weight is 282 g/mol. The molecule has 112 valence electrons.